The van der Waals surface area contributed by atoms with Gasteiger partial charge in [0.25, 0.3) is 0 Å². The molecule has 1 N–H and O–H groups in total. The van der Waals surface area contributed by atoms with Gasteiger partial charge in [-0.3, -0.25) is 0 Å². The van der Waals surface area contributed by atoms with Gasteiger partial charge in [-0.1, -0.05) is 43.2 Å². The second kappa shape index (κ2) is 7.99. The van der Waals surface area contributed by atoms with Crippen LogP contribution in [0.3, 0.4) is 0 Å². The van der Waals surface area contributed by atoms with Crippen molar-refractivity contribution in [1.29, 1.82) is 0 Å². The summed E-state index contributed by atoms with van der Waals surface area (Å²) in [6, 6.07) is 8.03. The van der Waals surface area contributed by atoms with Gasteiger partial charge in [0.05, 0.1) is 6.61 Å². The summed E-state index contributed by atoms with van der Waals surface area (Å²) in [7, 11) is 0. The average molecular weight is 258 g/mol. The van der Waals surface area contributed by atoms with Crippen LogP contribution in [0.4, 0.5) is 0 Å². The molecule has 2 heteroatoms. The first kappa shape index (κ1) is 14.1. The Morgan fingerprint density at radius 1 is 1.21 bits per heavy atom. The molecule has 1 aromatic rings. The fourth-order valence-corrected chi connectivity index (χ4v) is 2.58. The lowest BCUT2D eigenvalue weighted by atomic mass is 9.90. The summed E-state index contributed by atoms with van der Waals surface area (Å²) in [6.45, 7) is 1.44. The van der Waals surface area contributed by atoms with E-state index in [1.165, 1.54) is 32.1 Å². The van der Waals surface area contributed by atoms with E-state index in [2.05, 4.69) is 17.9 Å². The van der Waals surface area contributed by atoms with E-state index in [1.807, 2.05) is 18.2 Å². The smallest absolute Gasteiger partial charge is 0.104 e. The predicted octanol–water partition coefficient (Wildman–Crippen LogP) is 3.13. The Hall–Kier alpha value is -1.30. The number of aliphatic hydroxyl groups is 1. The molecular formula is C17H22O2. The van der Waals surface area contributed by atoms with Gasteiger partial charge in [0, 0.05) is 12.2 Å². The van der Waals surface area contributed by atoms with Crippen LogP contribution in [0.1, 0.15) is 43.2 Å². The van der Waals surface area contributed by atoms with Crippen molar-refractivity contribution >= 4 is 0 Å². The molecule has 1 saturated carbocycles. The van der Waals surface area contributed by atoms with Gasteiger partial charge in [-0.15, -0.1) is 0 Å². The van der Waals surface area contributed by atoms with Crippen LogP contribution in [0, 0.1) is 17.8 Å². The van der Waals surface area contributed by atoms with E-state index in [0.717, 1.165) is 23.7 Å². The number of ether oxygens (including phenoxy) is 1. The van der Waals surface area contributed by atoms with Crippen LogP contribution in [-0.4, -0.2) is 18.3 Å². The van der Waals surface area contributed by atoms with Crippen molar-refractivity contribution in [3.05, 3.63) is 35.4 Å². The van der Waals surface area contributed by atoms with Crippen molar-refractivity contribution in [2.75, 3.05) is 13.2 Å². The summed E-state index contributed by atoms with van der Waals surface area (Å²) in [4.78, 5) is 0. The fraction of sp³-hybridized carbons (Fsp3) is 0.529. The van der Waals surface area contributed by atoms with Gasteiger partial charge in [0.2, 0.25) is 0 Å². The molecule has 0 atom stereocenters. The lowest BCUT2D eigenvalue weighted by molar-refractivity contribution is 0.0739. The van der Waals surface area contributed by atoms with Crippen LogP contribution in [0.15, 0.2) is 24.3 Å². The molecule has 0 aromatic heterocycles. The molecule has 102 valence electrons. The zero-order chi connectivity index (χ0) is 13.3. The van der Waals surface area contributed by atoms with Crippen molar-refractivity contribution in [2.24, 2.45) is 5.92 Å². The Kier molecular flexibility index (Phi) is 5.94. The van der Waals surface area contributed by atoms with Crippen LogP contribution < -0.4 is 0 Å². The summed E-state index contributed by atoms with van der Waals surface area (Å²) in [5.41, 5.74) is 2.09. The van der Waals surface area contributed by atoms with E-state index in [-0.39, 0.29) is 6.61 Å². The monoisotopic (exact) mass is 258 g/mol. The van der Waals surface area contributed by atoms with Gasteiger partial charge in [-0.2, -0.15) is 0 Å². The zero-order valence-corrected chi connectivity index (χ0v) is 11.4. The van der Waals surface area contributed by atoms with E-state index in [9.17, 15) is 0 Å². The number of benzene rings is 1. The van der Waals surface area contributed by atoms with Crippen LogP contribution >= 0.6 is 0 Å². The Labute approximate surface area is 115 Å². The quantitative estimate of drug-likeness (QED) is 0.841. The van der Waals surface area contributed by atoms with Crippen molar-refractivity contribution in [3.63, 3.8) is 0 Å². The molecule has 0 spiro atoms. The molecule has 0 aliphatic heterocycles. The van der Waals surface area contributed by atoms with Crippen molar-refractivity contribution < 1.29 is 9.84 Å². The molecule has 1 aliphatic carbocycles. The molecule has 0 unspecified atom stereocenters. The topological polar surface area (TPSA) is 29.5 Å². The first-order chi connectivity index (χ1) is 9.38. The highest BCUT2D eigenvalue weighted by atomic mass is 16.5. The predicted molar refractivity (Wildman–Crippen MR) is 76.6 cm³/mol. The Morgan fingerprint density at radius 3 is 2.84 bits per heavy atom. The molecule has 0 radical (unpaired) electrons. The highest BCUT2D eigenvalue weighted by Gasteiger charge is 2.13. The summed E-state index contributed by atoms with van der Waals surface area (Å²) >= 11 is 0. The van der Waals surface area contributed by atoms with Crippen molar-refractivity contribution in [3.8, 4) is 11.8 Å². The van der Waals surface area contributed by atoms with Gasteiger partial charge in [-0.25, -0.2) is 0 Å². The van der Waals surface area contributed by atoms with Gasteiger partial charge in [-0.05, 0) is 36.5 Å². The van der Waals surface area contributed by atoms with E-state index in [4.69, 9.17) is 9.84 Å². The van der Waals surface area contributed by atoms with Crippen LogP contribution in [0.2, 0.25) is 0 Å². The molecule has 2 rings (SSSR count). The van der Waals surface area contributed by atoms with Crippen molar-refractivity contribution in [2.45, 2.75) is 38.7 Å². The van der Waals surface area contributed by atoms with Gasteiger partial charge >= 0.3 is 0 Å². The molecule has 19 heavy (non-hydrogen) atoms. The van der Waals surface area contributed by atoms with E-state index in [0.29, 0.717) is 6.61 Å². The third-order valence-corrected chi connectivity index (χ3v) is 3.59. The highest BCUT2D eigenvalue weighted by Crippen LogP contribution is 2.23. The minimum atomic E-state index is -0.0948. The summed E-state index contributed by atoms with van der Waals surface area (Å²) < 4.78 is 5.82. The van der Waals surface area contributed by atoms with E-state index >= 15 is 0 Å². The second-order valence-corrected chi connectivity index (χ2v) is 5.18. The average Bonchev–Trinajstić information content (AvgIpc) is 2.47. The van der Waals surface area contributed by atoms with Crippen LogP contribution in [-0.2, 0) is 11.3 Å². The molecular weight excluding hydrogens is 236 g/mol. The molecule has 0 amide bonds. The lowest BCUT2D eigenvalue weighted by Gasteiger charge is -2.21. The summed E-state index contributed by atoms with van der Waals surface area (Å²) in [6.07, 6.45) is 6.76. The third kappa shape index (κ3) is 5.06. The molecule has 2 nitrogen and oxygen atoms in total. The normalized spacial score (nSPS) is 15.8. The third-order valence-electron chi connectivity index (χ3n) is 3.59. The molecule has 1 aromatic carbocycles. The van der Waals surface area contributed by atoms with E-state index < -0.39 is 0 Å². The van der Waals surface area contributed by atoms with Gasteiger partial charge in [0.1, 0.15) is 6.61 Å². The maximum absolute atomic E-state index is 8.68. The Balaban J connectivity index is 1.78. The number of aliphatic hydroxyl groups excluding tert-OH is 1. The maximum Gasteiger partial charge on any atom is 0.104 e. The Morgan fingerprint density at radius 2 is 2.05 bits per heavy atom. The van der Waals surface area contributed by atoms with E-state index in [1.54, 1.807) is 0 Å². The minimum Gasteiger partial charge on any atom is -0.384 e. The lowest BCUT2D eigenvalue weighted by Crippen LogP contribution is -2.13. The first-order valence-electron chi connectivity index (χ1n) is 7.15. The first-order valence-corrected chi connectivity index (χ1v) is 7.15. The Bertz CT molecular complexity index is 436. The number of hydrogen-bond acceptors (Lipinski definition) is 2. The largest absolute Gasteiger partial charge is 0.384 e. The van der Waals surface area contributed by atoms with Gasteiger partial charge < -0.3 is 9.84 Å². The summed E-state index contributed by atoms with van der Waals surface area (Å²) in [5.74, 6) is 6.34. The fourth-order valence-electron chi connectivity index (χ4n) is 2.58. The zero-order valence-electron chi connectivity index (χ0n) is 11.4. The summed E-state index contributed by atoms with van der Waals surface area (Å²) in [5, 5.41) is 8.68. The minimum absolute atomic E-state index is 0.0948. The second-order valence-electron chi connectivity index (χ2n) is 5.18. The van der Waals surface area contributed by atoms with Gasteiger partial charge in [0.15, 0.2) is 0 Å². The number of hydrogen-bond donors (Lipinski definition) is 1. The standard InChI is InChI=1S/C17H22O2/c18-11-5-10-15-8-4-9-17(12-15)14-19-13-16-6-2-1-3-7-16/h4,8-9,12,16,18H,1-3,6-7,11,13-14H2. The maximum atomic E-state index is 8.68. The highest BCUT2D eigenvalue weighted by molar-refractivity contribution is 5.36. The van der Waals surface area contributed by atoms with Crippen LogP contribution in [0.5, 0.6) is 0 Å². The number of rotatable bonds is 4. The molecule has 1 aliphatic rings. The molecule has 0 saturated heterocycles. The van der Waals surface area contributed by atoms with Crippen LogP contribution in [0.25, 0.3) is 0 Å². The molecule has 0 bridgehead atoms. The SMILES string of the molecule is OCC#Cc1cccc(COCC2CCCCC2)c1. The molecule has 0 heterocycles. The molecule has 1 fully saturated rings. The van der Waals surface area contributed by atoms with Crippen molar-refractivity contribution in [1.82, 2.24) is 0 Å².